The summed E-state index contributed by atoms with van der Waals surface area (Å²) in [4.78, 5) is 2.63. The molecule has 0 saturated heterocycles. The zero-order valence-electron chi connectivity index (χ0n) is 12.6. The lowest BCUT2D eigenvalue weighted by molar-refractivity contribution is 0.0490. The maximum Gasteiger partial charge on any atom is 0.0630 e. The number of likely N-dealkylation sites (N-methyl/N-ethyl adjacent to an activating group) is 1. The quantitative estimate of drug-likeness (QED) is 0.638. The van der Waals surface area contributed by atoms with E-state index < -0.39 is 0 Å². The molecule has 0 spiro atoms. The Morgan fingerprint density at radius 3 is 2.06 bits per heavy atom. The summed E-state index contributed by atoms with van der Waals surface area (Å²) >= 11 is 0. The molecule has 0 saturated carbocycles. The van der Waals surface area contributed by atoms with Crippen LogP contribution in [0.25, 0.3) is 0 Å². The lowest BCUT2D eigenvalue weighted by atomic mass is 10.0. The average molecular weight is 244 g/mol. The Morgan fingerprint density at radius 1 is 1.12 bits per heavy atom. The van der Waals surface area contributed by atoms with Crippen LogP contribution in [-0.4, -0.2) is 50.8 Å². The molecule has 0 rings (SSSR count). The van der Waals surface area contributed by atoms with Crippen LogP contribution >= 0.6 is 0 Å². The Kier molecular flexibility index (Phi) is 9.79. The fourth-order valence-corrected chi connectivity index (χ4v) is 2.48. The van der Waals surface area contributed by atoms with E-state index in [1.54, 1.807) is 7.11 Å². The molecule has 17 heavy (non-hydrogen) atoms. The predicted molar refractivity (Wildman–Crippen MR) is 75.5 cm³/mol. The first-order chi connectivity index (χ1) is 8.10. The van der Waals surface area contributed by atoms with E-state index in [0.29, 0.717) is 18.0 Å². The summed E-state index contributed by atoms with van der Waals surface area (Å²) in [7, 11) is 3.81. The minimum absolute atomic E-state index is 0.484. The fraction of sp³-hybridized carbons (Fsp3) is 1.00. The molecule has 0 bridgehead atoms. The van der Waals surface area contributed by atoms with Crippen molar-refractivity contribution >= 4 is 0 Å². The van der Waals surface area contributed by atoms with Gasteiger partial charge in [0.15, 0.2) is 0 Å². The number of methoxy groups -OCH3 is 1. The highest BCUT2D eigenvalue weighted by molar-refractivity contribution is 4.80. The first-order valence-electron chi connectivity index (χ1n) is 6.99. The Bertz CT molecular complexity index is 164. The van der Waals surface area contributed by atoms with Gasteiger partial charge in [0.05, 0.1) is 6.61 Å². The van der Waals surface area contributed by atoms with E-state index in [1.165, 1.54) is 12.8 Å². The summed E-state index contributed by atoms with van der Waals surface area (Å²) in [6.07, 6.45) is 2.43. The topological polar surface area (TPSA) is 24.5 Å². The van der Waals surface area contributed by atoms with Crippen molar-refractivity contribution in [2.24, 2.45) is 5.92 Å². The summed E-state index contributed by atoms with van der Waals surface area (Å²) in [5, 5.41) is 3.29. The number of nitrogens with zero attached hydrogens (tertiary/aromatic N) is 1. The van der Waals surface area contributed by atoms with Gasteiger partial charge in [0, 0.05) is 32.3 Å². The Balaban J connectivity index is 4.68. The zero-order chi connectivity index (χ0) is 13.3. The third kappa shape index (κ3) is 6.39. The van der Waals surface area contributed by atoms with Crippen LogP contribution in [0.5, 0.6) is 0 Å². The van der Waals surface area contributed by atoms with E-state index in [1.807, 2.05) is 7.05 Å². The summed E-state index contributed by atoms with van der Waals surface area (Å²) in [5.41, 5.74) is 0. The number of hydrogen-bond acceptors (Lipinski definition) is 3. The van der Waals surface area contributed by atoms with E-state index in [0.717, 1.165) is 19.7 Å². The Morgan fingerprint density at radius 2 is 1.71 bits per heavy atom. The maximum atomic E-state index is 5.38. The molecular weight excluding hydrogens is 212 g/mol. The molecule has 0 aromatic rings. The molecule has 0 aromatic heterocycles. The van der Waals surface area contributed by atoms with Crippen LogP contribution in [-0.2, 0) is 4.74 Å². The van der Waals surface area contributed by atoms with Crippen molar-refractivity contribution in [3.05, 3.63) is 0 Å². The molecule has 3 heteroatoms. The van der Waals surface area contributed by atoms with Gasteiger partial charge in [0.25, 0.3) is 0 Å². The molecule has 0 aliphatic rings. The van der Waals surface area contributed by atoms with E-state index >= 15 is 0 Å². The highest BCUT2D eigenvalue weighted by Crippen LogP contribution is 2.15. The van der Waals surface area contributed by atoms with E-state index in [4.69, 9.17) is 4.74 Å². The summed E-state index contributed by atoms with van der Waals surface area (Å²) < 4.78 is 5.38. The highest BCUT2D eigenvalue weighted by Gasteiger charge is 2.24. The van der Waals surface area contributed by atoms with Gasteiger partial charge < -0.3 is 10.1 Å². The molecule has 0 amide bonds. The van der Waals surface area contributed by atoms with Crippen LogP contribution in [0.4, 0.5) is 0 Å². The number of nitrogens with one attached hydrogen (secondary N) is 1. The third-order valence-corrected chi connectivity index (χ3v) is 3.26. The molecule has 0 radical (unpaired) electrons. The van der Waals surface area contributed by atoms with Crippen molar-refractivity contribution in [3.63, 3.8) is 0 Å². The average Bonchev–Trinajstić information content (AvgIpc) is 2.28. The van der Waals surface area contributed by atoms with Gasteiger partial charge in [0.1, 0.15) is 0 Å². The van der Waals surface area contributed by atoms with Crippen molar-refractivity contribution in [3.8, 4) is 0 Å². The van der Waals surface area contributed by atoms with Crippen LogP contribution < -0.4 is 5.32 Å². The van der Waals surface area contributed by atoms with Crippen LogP contribution in [0, 0.1) is 5.92 Å². The molecule has 0 aliphatic heterocycles. The van der Waals surface area contributed by atoms with Crippen LogP contribution in [0.3, 0.4) is 0 Å². The summed E-state index contributed by atoms with van der Waals surface area (Å²) in [6, 6.07) is 1.16. The predicted octanol–water partition coefficient (Wildman–Crippen LogP) is 2.37. The molecule has 104 valence electrons. The minimum Gasteiger partial charge on any atom is -0.383 e. The SMILES string of the molecule is CCC(CC)N(CC(C)C)C(CNC)COC. The summed E-state index contributed by atoms with van der Waals surface area (Å²) in [6.45, 7) is 12.1. The first kappa shape index (κ1) is 16.9. The van der Waals surface area contributed by atoms with Gasteiger partial charge in [-0.25, -0.2) is 0 Å². The van der Waals surface area contributed by atoms with Crippen molar-refractivity contribution in [1.29, 1.82) is 0 Å². The van der Waals surface area contributed by atoms with Gasteiger partial charge in [-0.15, -0.1) is 0 Å². The second-order valence-electron chi connectivity index (χ2n) is 5.23. The Labute approximate surface area is 108 Å². The molecular formula is C14H32N2O. The first-order valence-corrected chi connectivity index (χ1v) is 6.99. The lowest BCUT2D eigenvalue weighted by Gasteiger charge is -2.38. The van der Waals surface area contributed by atoms with Gasteiger partial charge in [-0.2, -0.15) is 0 Å². The van der Waals surface area contributed by atoms with Crippen LogP contribution in [0.15, 0.2) is 0 Å². The second kappa shape index (κ2) is 9.86. The van der Waals surface area contributed by atoms with E-state index in [-0.39, 0.29) is 0 Å². The van der Waals surface area contributed by atoms with Crippen molar-refractivity contribution in [2.45, 2.75) is 52.6 Å². The number of hydrogen-bond donors (Lipinski definition) is 1. The van der Waals surface area contributed by atoms with Crippen LogP contribution in [0.1, 0.15) is 40.5 Å². The zero-order valence-corrected chi connectivity index (χ0v) is 12.6. The molecule has 0 aliphatic carbocycles. The molecule has 3 nitrogen and oxygen atoms in total. The largest absolute Gasteiger partial charge is 0.383 e. The van der Waals surface area contributed by atoms with Gasteiger partial charge in [0.2, 0.25) is 0 Å². The smallest absolute Gasteiger partial charge is 0.0630 e. The van der Waals surface area contributed by atoms with Gasteiger partial charge in [-0.3, -0.25) is 4.90 Å². The maximum absolute atomic E-state index is 5.38. The highest BCUT2D eigenvalue weighted by atomic mass is 16.5. The third-order valence-electron chi connectivity index (χ3n) is 3.26. The molecule has 0 heterocycles. The standard InChI is InChI=1S/C14H32N2O/c1-7-13(8-2)16(10-12(3)4)14(9-15-5)11-17-6/h12-15H,7-11H2,1-6H3. The van der Waals surface area contributed by atoms with Crippen molar-refractivity contribution in [2.75, 3.05) is 33.9 Å². The van der Waals surface area contributed by atoms with Crippen molar-refractivity contribution in [1.82, 2.24) is 10.2 Å². The normalized spacial score (nSPS) is 13.9. The lowest BCUT2D eigenvalue weighted by Crippen LogP contribution is -2.50. The van der Waals surface area contributed by atoms with Crippen LogP contribution in [0.2, 0.25) is 0 Å². The number of ether oxygens (including phenoxy) is 1. The molecule has 0 aromatic carbocycles. The molecule has 1 N–H and O–H groups in total. The summed E-state index contributed by atoms with van der Waals surface area (Å²) in [5.74, 6) is 0.701. The molecule has 1 unspecified atom stereocenters. The van der Waals surface area contributed by atoms with Gasteiger partial charge in [-0.05, 0) is 25.8 Å². The van der Waals surface area contributed by atoms with Gasteiger partial charge >= 0.3 is 0 Å². The van der Waals surface area contributed by atoms with E-state index in [9.17, 15) is 0 Å². The fourth-order valence-electron chi connectivity index (χ4n) is 2.48. The number of rotatable bonds is 10. The van der Waals surface area contributed by atoms with E-state index in [2.05, 4.69) is 37.9 Å². The minimum atomic E-state index is 0.484. The monoisotopic (exact) mass is 244 g/mol. The Hall–Kier alpha value is -0.120. The van der Waals surface area contributed by atoms with Gasteiger partial charge in [-0.1, -0.05) is 27.7 Å². The molecule has 1 atom stereocenters. The second-order valence-corrected chi connectivity index (χ2v) is 5.23. The molecule has 0 fully saturated rings. The van der Waals surface area contributed by atoms with Crippen molar-refractivity contribution < 1.29 is 4.74 Å².